The Bertz CT molecular complexity index is 1070. The van der Waals surface area contributed by atoms with Gasteiger partial charge in [-0.2, -0.15) is 0 Å². The summed E-state index contributed by atoms with van der Waals surface area (Å²) in [4.78, 5) is 0. The zero-order valence-corrected chi connectivity index (χ0v) is 16.7. The third kappa shape index (κ3) is 3.11. The van der Waals surface area contributed by atoms with Crippen molar-refractivity contribution >= 4 is 34.2 Å². The summed E-state index contributed by atoms with van der Waals surface area (Å²) in [6.07, 6.45) is 2.23. The second-order valence-electron chi connectivity index (χ2n) is 9.25. The topological polar surface area (TPSA) is 0 Å². The van der Waals surface area contributed by atoms with Crippen molar-refractivity contribution in [2.45, 2.75) is 59.3 Å². The average Bonchev–Trinajstić information content (AvgIpc) is 2.51. The largest absolute Gasteiger partial charge is 0.0911 e. The van der Waals surface area contributed by atoms with Crippen LogP contribution in [0.1, 0.15) is 59.6 Å². The van der Waals surface area contributed by atoms with Crippen molar-refractivity contribution in [2.75, 3.05) is 0 Å². The van der Waals surface area contributed by atoms with Crippen LogP contribution in [0.15, 0.2) is 36.4 Å². The number of rotatable bonds is 0. The second kappa shape index (κ2) is 5.73. The molecule has 0 fully saturated rings. The zero-order chi connectivity index (χ0) is 18.6. The Morgan fingerprint density at radius 2 is 1.20 bits per heavy atom. The number of fused-ring (bicyclic) bond motifs is 3. The molecule has 0 aliphatic heterocycles. The van der Waals surface area contributed by atoms with Crippen molar-refractivity contribution in [3.63, 3.8) is 0 Å². The molecule has 0 saturated heterocycles. The van der Waals surface area contributed by atoms with Crippen LogP contribution >= 0.6 is 0 Å². The molecule has 0 radical (unpaired) electrons. The minimum atomic E-state index is 0.130. The van der Waals surface area contributed by atoms with Crippen molar-refractivity contribution in [3.05, 3.63) is 58.0 Å². The fourth-order valence-corrected chi connectivity index (χ4v) is 3.54. The first-order chi connectivity index (χ1) is 11.5. The standard InChI is InChI=1S/C25H30/c1-9-17-13-21(25(6,7)8)15-19-11-10-18-14-20(24(3,4)5)12-16(2)22(18)23(17)19/h9-15H,2H2,1,3-8H3. The highest BCUT2D eigenvalue weighted by molar-refractivity contribution is 6.08. The summed E-state index contributed by atoms with van der Waals surface area (Å²) in [5.74, 6) is 0. The first-order valence-corrected chi connectivity index (χ1v) is 9.19. The van der Waals surface area contributed by atoms with E-state index in [1.54, 1.807) is 0 Å². The van der Waals surface area contributed by atoms with Gasteiger partial charge in [-0.15, -0.1) is 0 Å². The van der Waals surface area contributed by atoms with Crippen LogP contribution in [0.2, 0.25) is 0 Å². The van der Waals surface area contributed by atoms with Crippen LogP contribution in [0.3, 0.4) is 0 Å². The molecule has 0 heteroatoms. The maximum absolute atomic E-state index is 4.41. The van der Waals surface area contributed by atoms with Gasteiger partial charge in [0.05, 0.1) is 0 Å². The Morgan fingerprint density at radius 1 is 0.720 bits per heavy atom. The van der Waals surface area contributed by atoms with Gasteiger partial charge in [-0.1, -0.05) is 90.6 Å². The van der Waals surface area contributed by atoms with Crippen molar-refractivity contribution in [1.82, 2.24) is 0 Å². The van der Waals surface area contributed by atoms with E-state index in [2.05, 4.69) is 97.5 Å². The molecule has 3 aromatic carbocycles. The molecule has 0 N–H and O–H groups in total. The van der Waals surface area contributed by atoms with Gasteiger partial charge >= 0.3 is 0 Å². The lowest BCUT2D eigenvalue weighted by atomic mass is 9.83. The summed E-state index contributed by atoms with van der Waals surface area (Å²) in [7, 11) is 0. The predicted octanol–water partition coefficient (Wildman–Crippen LogP) is 5.80. The monoisotopic (exact) mass is 330 g/mol. The molecule has 0 atom stereocenters. The molecule has 0 aliphatic rings. The van der Waals surface area contributed by atoms with Crippen LogP contribution < -0.4 is 10.4 Å². The first kappa shape index (κ1) is 17.7. The van der Waals surface area contributed by atoms with Crippen LogP contribution in [0, 0.1) is 0 Å². The maximum Gasteiger partial charge on any atom is -0.00301 e. The minimum absolute atomic E-state index is 0.130. The quantitative estimate of drug-likeness (QED) is 0.457. The fraction of sp³-hybridized carbons (Fsp3) is 0.360. The summed E-state index contributed by atoms with van der Waals surface area (Å²) in [6.45, 7) is 20.1. The fourth-order valence-electron chi connectivity index (χ4n) is 3.54. The molecule has 0 amide bonds. The maximum atomic E-state index is 4.41. The van der Waals surface area contributed by atoms with Gasteiger partial charge in [0.15, 0.2) is 0 Å². The van der Waals surface area contributed by atoms with E-state index in [4.69, 9.17) is 0 Å². The Morgan fingerprint density at radius 3 is 1.68 bits per heavy atom. The highest BCUT2D eigenvalue weighted by Gasteiger charge is 2.17. The van der Waals surface area contributed by atoms with E-state index in [0.29, 0.717) is 0 Å². The molecule has 0 saturated carbocycles. The molecule has 3 aromatic rings. The summed E-state index contributed by atoms with van der Waals surface area (Å²) >= 11 is 0. The van der Waals surface area contributed by atoms with Gasteiger partial charge < -0.3 is 0 Å². The van der Waals surface area contributed by atoms with Gasteiger partial charge in [0, 0.05) is 0 Å². The highest BCUT2D eigenvalue weighted by atomic mass is 14.2. The van der Waals surface area contributed by atoms with Crippen LogP contribution in [-0.2, 0) is 10.8 Å². The predicted molar refractivity (Wildman–Crippen MR) is 114 cm³/mol. The molecular weight excluding hydrogens is 300 g/mol. The molecule has 0 aromatic heterocycles. The molecule has 0 nitrogen and oxygen atoms in total. The Labute approximate surface area is 151 Å². The van der Waals surface area contributed by atoms with Gasteiger partial charge in [-0.3, -0.25) is 0 Å². The molecule has 130 valence electrons. The Balaban J connectivity index is 2.50. The summed E-state index contributed by atoms with van der Waals surface area (Å²) in [5.41, 5.74) is 3.00. The van der Waals surface area contributed by atoms with Crippen LogP contribution in [0.4, 0.5) is 0 Å². The first-order valence-electron chi connectivity index (χ1n) is 9.19. The van der Waals surface area contributed by atoms with Crippen LogP contribution in [-0.4, -0.2) is 0 Å². The Kier molecular flexibility index (Phi) is 4.06. The number of hydrogen-bond acceptors (Lipinski definition) is 0. The molecule has 0 bridgehead atoms. The van der Waals surface area contributed by atoms with Crippen molar-refractivity contribution in [2.24, 2.45) is 0 Å². The Hall–Kier alpha value is -2.08. The number of hydrogen-bond donors (Lipinski definition) is 0. The average molecular weight is 331 g/mol. The van der Waals surface area contributed by atoms with Crippen molar-refractivity contribution < 1.29 is 0 Å². The van der Waals surface area contributed by atoms with E-state index in [-0.39, 0.29) is 10.8 Å². The van der Waals surface area contributed by atoms with E-state index in [1.807, 2.05) is 0 Å². The molecule has 0 heterocycles. The molecular formula is C25H30. The molecule has 0 spiro atoms. The highest BCUT2D eigenvalue weighted by Crippen LogP contribution is 2.29. The lowest BCUT2D eigenvalue weighted by Gasteiger charge is -2.22. The molecule has 0 unspecified atom stereocenters. The van der Waals surface area contributed by atoms with E-state index in [9.17, 15) is 0 Å². The van der Waals surface area contributed by atoms with E-state index in [1.165, 1.54) is 37.9 Å². The SMILES string of the molecule is C=c1cc(C(C)(C)C)cc2ccc3cc(C(C)(C)C)cc(=CC)c3c12. The van der Waals surface area contributed by atoms with Gasteiger partial charge in [0.1, 0.15) is 0 Å². The van der Waals surface area contributed by atoms with Crippen LogP contribution in [0.5, 0.6) is 0 Å². The van der Waals surface area contributed by atoms with Crippen LogP contribution in [0.25, 0.3) is 34.2 Å². The van der Waals surface area contributed by atoms with Crippen molar-refractivity contribution in [1.29, 1.82) is 0 Å². The molecule has 0 aliphatic carbocycles. The van der Waals surface area contributed by atoms with Gasteiger partial charge in [-0.05, 0) is 60.9 Å². The van der Waals surface area contributed by atoms with E-state index >= 15 is 0 Å². The zero-order valence-electron chi connectivity index (χ0n) is 16.7. The number of benzene rings is 3. The minimum Gasteiger partial charge on any atom is -0.0911 e. The smallest absolute Gasteiger partial charge is 0.00301 e. The van der Waals surface area contributed by atoms with Gasteiger partial charge in [-0.25, -0.2) is 0 Å². The molecule has 25 heavy (non-hydrogen) atoms. The van der Waals surface area contributed by atoms with Gasteiger partial charge in [0.25, 0.3) is 0 Å². The van der Waals surface area contributed by atoms with Crippen molar-refractivity contribution in [3.8, 4) is 0 Å². The second-order valence-corrected chi connectivity index (χ2v) is 9.25. The van der Waals surface area contributed by atoms with E-state index < -0.39 is 0 Å². The summed E-state index contributed by atoms with van der Waals surface area (Å²) < 4.78 is 0. The lowest BCUT2D eigenvalue weighted by Crippen LogP contribution is -2.18. The third-order valence-electron chi connectivity index (χ3n) is 5.19. The molecule has 3 rings (SSSR count). The normalized spacial score (nSPS) is 13.8. The van der Waals surface area contributed by atoms with Gasteiger partial charge in [0.2, 0.25) is 0 Å². The third-order valence-corrected chi connectivity index (χ3v) is 5.19. The van der Waals surface area contributed by atoms with E-state index in [0.717, 1.165) is 5.22 Å². The summed E-state index contributed by atoms with van der Waals surface area (Å²) in [6, 6.07) is 13.8. The summed E-state index contributed by atoms with van der Waals surface area (Å²) in [5, 5.41) is 7.65. The lowest BCUT2D eigenvalue weighted by molar-refractivity contribution is 0.590.